The molecule has 1 heterocycles. The lowest BCUT2D eigenvalue weighted by Gasteiger charge is -2.29. The topological polar surface area (TPSA) is 81.2 Å². The fourth-order valence-corrected chi connectivity index (χ4v) is 2.51. The van der Waals surface area contributed by atoms with Crippen LogP contribution in [0.25, 0.3) is 0 Å². The molecule has 0 aromatic carbocycles. The fourth-order valence-electron chi connectivity index (χ4n) is 2.51. The average molecular weight is 338 g/mol. The van der Waals surface area contributed by atoms with Gasteiger partial charge in [0.05, 0.1) is 12.0 Å². The molecule has 0 saturated heterocycles. The second-order valence-electron chi connectivity index (χ2n) is 6.75. The van der Waals surface area contributed by atoms with Crippen LogP contribution < -0.4 is 11.2 Å². The van der Waals surface area contributed by atoms with Gasteiger partial charge in [-0.3, -0.25) is 14.2 Å². The summed E-state index contributed by atoms with van der Waals surface area (Å²) < 4.78 is 6.62. The van der Waals surface area contributed by atoms with Crippen molar-refractivity contribution in [3.63, 3.8) is 0 Å². The number of aromatic nitrogens is 2. The van der Waals surface area contributed by atoms with E-state index in [4.69, 9.17) is 4.74 Å². The van der Waals surface area contributed by atoms with Gasteiger partial charge in [-0.15, -0.1) is 0 Å². The second kappa shape index (κ2) is 9.45. The lowest BCUT2D eigenvalue weighted by Crippen LogP contribution is -2.34. The molecule has 6 nitrogen and oxygen atoms in total. The Labute approximate surface area is 143 Å². The Hall–Kier alpha value is -1.85. The van der Waals surface area contributed by atoms with Gasteiger partial charge in [0.1, 0.15) is 0 Å². The van der Waals surface area contributed by atoms with E-state index < -0.39 is 5.41 Å². The number of nitrogens with one attached hydrogen (secondary N) is 1. The van der Waals surface area contributed by atoms with Crippen molar-refractivity contribution in [2.45, 2.75) is 66.3 Å². The van der Waals surface area contributed by atoms with Gasteiger partial charge in [-0.25, -0.2) is 4.79 Å². The van der Waals surface area contributed by atoms with E-state index in [1.807, 2.05) is 27.7 Å². The fraction of sp³-hybridized carbons (Fsp3) is 0.722. The number of carbonyl (C=O) groups excluding carboxylic acids is 1. The highest BCUT2D eigenvalue weighted by atomic mass is 16.5. The van der Waals surface area contributed by atoms with Gasteiger partial charge in [-0.05, 0) is 38.5 Å². The lowest BCUT2D eigenvalue weighted by molar-refractivity contribution is -0.158. The normalized spacial score (nSPS) is 13.7. The number of carbonyl (C=O) groups is 1. The molecule has 1 rings (SSSR count). The van der Waals surface area contributed by atoms with Crippen molar-refractivity contribution in [1.29, 1.82) is 0 Å². The number of unbranched alkanes of at least 4 members (excludes halogenated alkanes) is 3. The van der Waals surface area contributed by atoms with E-state index in [-0.39, 0.29) is 23.1 Å². The third kappa shape index (κ3) is 5.35. The number of nitrogens with zero attached hydrogens (tertiary/aromatic N) is 1. The number of ether oxygens (including phenoxy) is 1. The molecule has 0 amide bonds. The van der Waals surface area contributed by atoms with E-state index >= 15 is 0 Å². The van der Waals surface area contributed by atoms with Gasteiger partial charge >= 0.3 is 11.7 Å². The predicted molar refractivity (Wildman–Crippen MR) is 94.0 cm³/mol. The molecule has 1 aromatic rings. The molecule has 136 valence electrons. The zero-order valence-corrected chi connectivity index (χ0v) is 15.3. The van der Waals surface area contributed by atoms with Gasteiger partial charge in [0.2, 0.25) is 0 Å². The smallest absolute Gasteiger partial charge is 0.328 e. The van der Waals surface area contributed by atoms with E-state index in [0.29, 0.717) is 13.2 Å². The average Bonchev–Trinajstić information content (AvgIpc) is 2.54. The molecule has 0 aliphatic rings. The highest BCUT2D eigenvalue weighted by molar-refractivity contribution is 5.76. The first-order valence-electron chi connectivity index (χ1n) is 8.78. The zero-order chi connectivity index (χ0) is 18.2. The Kier molecular flexibility index (Phi) is 7.95. The van der Waals surface area contributed by atoms with Crippen molar-refractivity contribution < 1.29 is 9.53 Å². The molecule has 1 atom stereocenters. The Morgan fingerprint density at radius 3 is 2.50 bits per heavy atom. The van der Waals surface area contributed by atoms with Crippen LogP contribution >= 0.6 is 0 Å². The van der Waals surface area contributed by atoms with Crippen molar-refractivity contribution in [1.82, 2.24) is 9.55 Å². The highest BCUT2D eigenvalue weighted by Crippen LogP contribution is 2.32. The molecule has 0 bridgehead atoms. The van der Waals surface area contributed by atoms with Crippen LogP contribution in [-0.4, -0.2) is 22.1 Å². The van der Waals surface area contributed by atoms with Crippen molar-refractivity contribution in [2.24, 2.45) is 11.3 Å². The Morgan fingerprint density at radius 2 is 1.92 bits per heavy atom. The van der Waals surface area contributed by atoms with Gasteiger partial charge in [-0.2, -0.15) is 0 Å². The first kappa shape index (κ1) is 20.2. The summed E-state index contributed by atoms with van der Waals surface area (Å²) in [5.74, 6) is 0.125. The number of hydrogen-bond donors (Lipinski definition) is 1. The lowest BCUT2D eigenvalue weighted by atomic mass is 9.77. The molecule has 1 aromatic heterocycles. The molecular weight excluding hydrogens is 308 g/mol. The van der Waals surface area contributed by atoms with Gasteiger partial charge in [0.15, 0.2) is 0 Å². The van der Waals surface area contributed by atoms with Gasteiger partial charge < -0.3 is 9.72 Å². The van der Waals surface area contributed by atoms with Gasteiger partial charge in [0, 0.05) is 18.8 Å². The van der Waals surface area contributed by atoms with Crippen molar-refractivity contribution in [3.05, 3.63) is 33.1 Å². The number of H-pyrrole nitrogens is 1. The largest absolute Gasteiger partial charge is 0.465 e. The number of hydrogen-bond acceptors (Lipinski definition) is 4. The summed E-state index contributed by atoms with van der Waals surface area (Å²) in [5, 5.41) is 0. The Bertz CT molecular complexity index is 604. The molecule has 0 spiro atoms. The first-order chi connectivity index (χ1) is 11.3. The van der Waals surface area contributed by atoms with E-state index in [0.717, 1.165) is 32.1 Å². The minimum Gasteiger partial charge on any atom is -0.465 e. The molecule has 0 saturated carbocycles. The van der Waals surface area contributed by atoms with Crippen LogP contribution in [0.15, 0.2) is 21.9 Å². The molecular formula is C18H30N2O4. The third-order valence-electron chi connectivity index (χ3n) is 4.93. The zero-order valence-electron chi connectivity index (χ0n) is 15.3. The standard InChI is InChI=1S/C18H30N2O4/c1-5-18(4,14(2)3)16(22)24-13-9-7-6-8-12-20-15(21)10-11-19-17(20)23/h10-11,14H,5-9,12-13H2,1-4H3,(H,19,23). The summed E-state index contributed by atoms with van der Waals surface area (Å²) in [5.41, 5.74) is -1.07. The van der Waals surface area contributed by atoms with Crippen LogP contribution in [0, 0.1) is 11.3 Å². The first-order valence-corrected chi connectivity index (χ1v) is 8.78. The summed E-state index contributed by atoms with van der Waals surface area (Å²) in [4.78, 5) is 37.7. The van der Waals surface area contributed by atoms with Crippen molar-refractivity contribution in [3.8, 4) is 0 Å². The molecule has 24 heavy (non-hydrogen) atoms. The van der Waals surface area contributed by atoms with E-state index in [1.54, 1.807) is 0 Å². The summed E-state index contributed by atoms with van der Waals surface area (Å²) in [6.07, 6.45) is 5.45. The van der Waals surface area contributed by atoms with Crippen LogP contribution in [0.2, 0.25) is 0 Å². The summed E-state index contributed by atoms with van der Waals surface area (Å²) >= 11 is 0. The number of esters is 1. The van der Waals surface area contributed by atoms with Crippen molar-refractivity contribution in [2.75, 3.05) is 6.61 Å². The maximum Gasteiger partial charge on any atom is 0.328 e. The summed E-state index contributed by atoms with van der Waals surface area (Å²) in [7, 11) is 0. The van der Waals surface area contributed by atoms with E-state index in [2.05, 4.69) is 4.98 Å². The Morgan fingerprint density at radius 1 is 1.25 bits per heavy atom. The number of aromatic amines is 1. The van der Waals surface area contributed by atoms with Gasteiger partial charge in [-0.1, -0.05) is 27.2 Å². The second-order valence-corrected chi connectivity index (χ2v) is 6.75. The van der Waals surface area contributed by atoms with Crippen LogP contribution in [0.4, 0.5) is 0 Å². The predicted octanol–water partition coefficient (Wildman–Crippen LogP) is 2.71. The van der Waals surface area contributed by atoms with Crippen LogP contribution in [0.5, 0.6) is 0 Å². The molecule has 1 unspecified atom stereocenters. The third-order valence-corrected chi connectivity index (χ3v) is 4.93. The van der Waals surface area contributed by atoms with Crippen LogP contribution in [0.3, 0.4) is 0 Å². The van der Waals surface area contributed by atoms with E-state index in [9.17, 15) is 14.4 Å². The summed E-state index contributed by atoms with van der Waals surface area (Å²) in [6, 6.07) is 1.35. The molecule has 0 aliphatic heterocycles. The molecule has 0 aliphatic carbocycles. The van der Waals surface area contributed by atoms with E-state index in [1.165, 1.54) is 16.8 Å². The Balaban J connectivity index is 2.25. The molecule has 6 heteroatoms. The quantitative estimate of drug-likeness (QED) is 0.525. The van der Waals surface area contributed by atoms with Crippen LogP contribution in [0.1, 0.15) is 59.8 Å². The SMILES string of the molecule is CCC(C)(C(=O)OCCCCCCn1c(=O)cc[nH]c1=O)C(C)C. The summed E-state index contributed by atoms with van der Waals surface area (Å²) in [6.45, 7) is 8.88. The van der Waals surface area contributed by atoms with Gasteiger partial charge in [0.25, 0.3) is 5.56 Å². The highest BCUT2D eigenvalue weighted by Gasteiger charge is 2.36. The maximum absolute atomic E-state index is 12.2. The minimum absolute atomic E-state index is 0.123. The monoisotopic (exact) mass is 338 g/mol. The molecule has 0 radical (unpaired) electrons. The van der Waals surface area contributed by atoms with Crippen molar-refractivity contribution >= 4 is 5.97 Å². The number of rotatable bonds is 10. The maximum atomic E-state index is 12.2. The molecule has 1 N–H and O–H groups in total. The van der Waals surface area contributed by atoms with Crippen LogP contribution in [-0.2, 0) is 16.1 Å². The minimum atomic E-state index is -0.421. The molecule has 0 fully saturated rings.